The van der Waals surface area contributed by atoms with Gasteiger partial charge in [-0.2, -0.15) is 5.26 Å². The van der Waals surface area contributed by atoms with E-state index in [9.17, 15) is 15.2 Å². The minimum absolute atomic E-state index is 0.0233. The Morgan fingerprint density at radius 3 is 2.90 bits per heavy atom. The molecule has 1 atom stereocenters. The molecular formula is C16H14N2O3. The van der Waals surface area contributed by atoms with Gasteiger partial charge in [0.05, 0.1) is 5.92 Å². The van der Waals surface area contributed by atoms with Gasteiger partial charge < -0.3 is 15.6 Å². The maximum Gasteiger partial charge on any atom is 0.205 e. The number of phenols is 1. The molecule has 1 aliphatic carbocycles. The van der Waals surface area contributed by atoms with Crippen LogP contribution in [0.15, 0.2) is 47.1 Å². The predicted molar refractivity (Wildman–Crippen MR) is 74.6 cm³/mol. The van der Waals surface area contributed by atoms with Gasteiger partial charge in [-0.15, -0.1) is 0 Å². The van der Waals surface area contributed by atoms with Crippen molar-refractivity contribution >= 4 is 5.78 Å². The zero-order valence-electron chi connectivity index (χ0n) is 11.3. The molecule has 1 aromatic rings. The zero-order valence-corrected chi connectivity index (χ0v) is 11.3. The first-order valence-corrected chi connectivity index (χ1v) is 6.74. The van der Waals surface area contributed by atoms with E-state index in [-0.39, 0.29) is 23.0 Å². The summed E-state index contributed by atoms with van der Waals surface area (Å²) < 4.78 is 5.48. The van der Waals surface area contributed by atoms with Crippen molar-refractivity contribution < 1.29 is 14.6 Å². The van der Waals surface area contributed by atoms with Crippen LogP contribution in [0, 0.1) is 11.3 Å². The number of hydrogen-bond donors (Lipinski definition) is 2. The van der Waals surface area contributed by atoms with Gasteiger partial charge in [-0.1, -0.05) is 12.1 Å². The van der Waals surface area contributed by atoms with E-state index in [1.54, 1.807) is 24.3 Å². The summed E-state index contributed by atoms with van der Waals surface area (Å²) in [6, 6.07) is 8.58. The van der Waals surface area contributed by atoms with Gasteiger partial charge in [-0.25, -0.2) is 0 Å². The topological polar surface area (TPSA) is 96.3 Å². The first kappa shape index (κ1) is 13.3. The van der Waals surface area contributed by atoms with Crippen LogP contribution in [0.1, 0.15) is 30.7 Å². The lowest BCUT2D eigenvalue weighted by Gasteiger charge is -2.30. The number of phenolic OH excluding ortho intramolecular Hbond substituents is 1. The largest absolute Gasteiger partial charge is 0.508 e. The Bertz CT molecular complexity index is 725. The van der Waals surface area contributed by atoms with E-state index < -0.39 is 5.92 Å². The predicted octanol–water partition coefficient (Wildman–Crippen LogP) is 2.21. The molecule has 3 N–H and O–H groups in total. The zero-order chi connectivity index (χ0) is 15.0. The van der Waals surface area contributed by atoms with E-state index >= 15 is 0 Å². The average molecular weight is 282 g/mol. The van der Waals surface area contributed by atoms with E-state index in [2.05, 4.69) is 0 Å². The number of allylic oxidation sites excluding steroid dienone is 3. The quantitative estimate of drug-likeness (QED) is 0.823. The lowest BCUT2D eigenvalue weighted by atomic mass is 9.77. The molecule has 1 aromatic carbocycles. The molecular weight excluding hydrogens is 268 g/mol. The van der Waals surface area contributed by atoms with Crippen molar-refractivity contribution in [1.29, 1.82) is 5.26 Å². The molecule has 0 unspecified atom stereocenters. The molecule has 1 heterocycles. The maximum atomic E-state index is 12.3. The molecule has 0 spiro atoms. The Morgan fingerprint density at radius 2 is 2.19 bits per heavy atom. The van der Waals surface area contributed by atoms with Crippen LogP contribution in [0.3, 0.4) is 0 Å². The fourth-order valence-electron chi connectivity index (χ4n) is 2.89. The smallest absolute Gasteiger partial charge is 0.205 e. The first-order valence-electron chi connectivity index (χ1n) is 6.74. The summed E-state index contributed by atoms with van der Waals surface area (Å²) >= 11 is 0. The van der Waals surface area contributed by atoms with Crippen LogP contribution in [0.2, 0.25) is 0 Å². The summed E-state index contributed by atoms with van der Waals surface area (Å²) in [5, 5.41) is 19.0. The molecule has 0 radical (unpaired) electrons. The molecule has 2 aliphatic rings. The molecule has 0 bridgehead atoms. The summed E-state index contributed by atoms with van der Waals surface area (Å²) in [7, 11) is 0. The molecule has 0 saturated heterocycles. The summed E-state index contributed by atoms with van der Waals surface area (Å²) in [6.45, 7) is 0. The molecule has 0 fully saturated rings. The van der Waals surface area contributed by atoms with Crippen LogP contribution >= 0.6 is 0 Å². The standard InChI is InChI=1S/C16H14N2O3/c17-8-11-14(9-3-1-4-10(19)7-9)15-12(20)5-2-6-13(15)21-16(11)18/h1,3-4,7,14,19H,2,5-6,18H2/t14-/m0/s1. The Kier molecular flexibility index (Phi) is 3.15. The van der Waals surface area contributed by atoms with Crippen LogP contribution in [-0.2, 0) is 9.53 Å². The van der Waals surface area contributed by atoms with Crippen LogP contribution in [0.5, 0.6) is 5.75 Å². The Hall–Kier alpha value is -2.74. The monoisotopic (exact) mass is 282 g/mol. The van der Waals surface area contributed by atoms with Crippen molar-refractivity contribution in [2.45, 2.75) is 25.2 Å². The lowest BCUT2D eigenvalue weighted by molar-refractivity contribution is -0.116. The van der Waals surface area contributed by atoms with Gasteiger partial charge in [0.25, 0.3) is 0 Å². The Morgan fingerprint density at radius 1 is 1.38 bits per heavy atom. The number of nitrogens with two attached hydrogens (primary N) is 1. The number of nitriles is 1. The fraction of sp³-hybridized carbons (Fsp3) is 0.250. The minimum atomic E-state index is -0.557. The highest BCUT2D eigenvalue weighted by Gasteiger charge is 2.37. The first-order chi connectivity index (χ1) is 10.1. The maximum absolute atomic E-state index is 12.3. The number of hydrogen-bond acceptors (Lipinski definition) is 5. The minimum Gasteiger partial charge on any atom is -0.508 e. The number of ketones is 1. The van der Waals surface area contributed by atoms with Crippen LogP contribution in [-0.4, -0.2) is 10.9 Å². The van der Waals surface area contributed by atoms with Gasteiger partial charge >= 0.3 is 0 Å². The highest BCUT2D eigenvalue weighted by Crippen LogP contribution is 2.43. The van der Waals surface area contributed by atoms with Crippen molar-refractivity contribution in [2.24, 2.45) is 5.73 Å². The second-order valence-corrected chi connectivity index (χ2v) is 5.13. The van der Waals surface area contributed by atoms with Crippen molar-refractivity contribution in [3.8, 4) is 11.8 Å². The fourth-order valence-corrected chi connectivity index (χ4v) is 2.89. The normalized spacial score (nSPS) is 21.7. The number of benzene rings is 1. The molecule has 3 rings (SSSR count). The van der Waals surface area contributed by atoms with E-state index in [0.29, 0.717) is 29.7 Å². The SMILES string of the molecule is N#CC1=C(N)OC2=C(C(=O)CCC2)[C@H]1c1cccc(O)c1. The number of nitrogens with zero attached hydrogens (tertiary/aromatic N) is 1. The number of carbonyl (C=O) groups is 1. The summed E-state index contributed by atoms with van der Waals surface area (Å²) in [6.07, 6.45) is 1.80. The van der Waals surface area contributed by atoms with Crippen molar-refractivity contribution in [1.82, 2.24) is 0 Å². The van der Waals surface area contributed by atoms with Gasteiger partial charge in [-0.05, 0) is 24.1 Å². The van der Waals surface area contributed by atoms with Crippen LogP contribution in [0.25, 0.3) is 0 Å². The third-order valence-electron chi connectivity index (χ3n) is 3.81. The second kappa shape index (κ2) is 4.98. The second-order valence-electron chi connectivity index (χ2n) is 5.13. The number of ether oxygens (including phenoxy) is 1. The van der Waals surface area contributed by atoms with Crippen molar-refractivity contribution in [3.63, 3.8) is 0 Å². The van der Waals surface area contributed by atoms with Crippen LogP contribution in [0.4, 0.5) is 0 Å². The van der Waals surface area contributed by atoms with Crippen LogP contribution < -0.4 is 5.73 Å². The van der Waals surface area contributed by atoms with E-state index in [0.717, 1.165) is 6.42 Å². The van der Waals surface area contributed by atoms with Crippen molar-refractivity contribution in [2.75, 3.05) is 0 Å². The number of rotatable bonds is 1. The highest BCUT2D eigenvalue weighted by molar-refractivity contribution is 5.99. The van der Waals surface area contributed by atoms with Gasteiger partial charge in [0.1, 0.15) is 23.2 Å². The van der Waals surface area contributed by atoms with E-state index in [1.807, 2.05) is 6.07 Å². The van der Waals surface area contributed by atoms with Gasteiger partial charge in [0, 0.05) is 18.4 Å². The molecule has 106 valence electrons. The third-order valence-corrected chi connectivity index (χ3v) is 3.81. The summed E-state index contributed by atoms with van der Waals surface area (Å²) in [4.78, 5) is 12.3. The summed E-state index contributed by atoms with van der Waals surface area (Å²) in [5.41, 5.74) is 7.22. The summed E-state index contributed by atoms with van der Waals surface area (Å²) in [5.74, 6) is 0.0964. The average Bonchev–Trinajstić information content (AvgIpc) is 2.46. The molecule has 21 heavy (non-hydrogen) atoms. The molecule has 1 aliphatic heterocycles. The molecule has 0 aromatic heterocycles. The molecule has 0 amide bonds. The van der Waals surface area contributed by atoms with Gasteiger partial charge in [0.2, 0.25) is 5.88 Å². The lowest BCUT2D eigenvalue weighted by Crippen LogP contribution is -2.27. The Labute approximate surface area is 121 Å². The van der Waals surface area contributed by atoms with Gasteiger partial charge in [0.15, 0.2) is 5.78 Å². The van der Waals surface area contributed by atoms with Gasteiger partial charge in [-0.3, -0.25) is 4.79 Å². The molecule has 0 saturated carbocycles. The third kappa shape index (κ3) is 2.15. The highest BCUT2D eigenvalue weighted by atomic mass is 16.5. The number of carbonyl (C=O) groups excluding carboxylic acids is 1. The number of Topliss-reactive ketones (excluding diaryl/α,β-unsaturated/α-hetero) is 1. The molecule has 5 heteroatoms. The number of aromatic hydroxyl groups is 1. The molecule has 5 nitrogen and oxygen atoms in total. The Balaban J connectivity index is 2.20. The van der Waals surface area contributed by atoms with E-state index in [4.69, 9.17) is 10.5 Å². The van der Waals surface area contributed by atoms with E-state index in [1.165, 1.54) is 0 Å². The van der Waals surface area contributed by atoms with Crippen molar-refractivity contribution in [3.05, 3.63) is 52.6 Å².